The van der Waals surface area contributed by atoms with E-state index in [2.05, 4.69) is 316 Å². The van der Waals surface area contributed by atoms with E-state index in [4.69, 9.17) is 0 Å². The molecule has 0 N–H and O–H groups in total. The van der Waals surface area contributed by atoms with Gasteiger partial charge in [-0.15, -0.1) is 0 Å². The van der Waals surface area contributed by atoms with Crippen LogP contribution in [-0.4, -0.2) is 8.07 Å². The summed E-state index contributed by atoms with van der Waals surface area (Å²) in [6, 6.07) is 114. The van der Waals surface area contributed by atoms with Crippen LogP contribution in [0.15, 0.2) is 303 Å². The molecule has 0 fully saturated rings. The molecule has 82 heavy (non-hydrogen) atoms. The molecule has 0 amide bonds. The van der Waals surface area contributed by atoms with Gasteiger partial charge in [-0.2, -0.15) is 0 Å². The molecule has 15 aromatic carbocycles. The summed E-state index contributed by atoms with van der Waals surface area (Å²) in [6.45, 7) is 5.02. The molecule has 0 radical (unpaired) electrons. The van der Waals surface area contributed by atoms with Crippen LogP contribution in [-0.2, 0) is 6.04 Å². The van der Waals surface area contributed by atoms with Gasteiger partial charge >= 0.3 is 0 Å². The smallest absolute Gasteiger partial charge is 0.0652 e. The molecule has 15 rings (SSSR count). The van der Waals surface area contributed by atoms with Crippen LogP contribution < -0.4 is 5.19 Å². The predicted octanol–water partition coefficient (Wildman–Crippen LogP) is 22.0. The fraction of sp³-hybridized carbons (Fsp3) is 0.0370. The molecule has 0 bridgehead atoms. The molecule has 0 aromatic heterocycles. The van der Waals surface area contributed by atoms with Gasteiger partial charge in [0, 0.05) is 0 Å². The van der Waals surface area contributed by atoms with Crippen molar-refractivity contribution in [3.05, 3.63) is 309 Å². The van der Waals surface area contributed by atoms with Crippen molar-refractivity contribution in [2.45, 2.75) is 19.1 Å². The average molecular weight is 1060 g/mol. The first-order valence-corrected chi connectivity index (χ1v) is 32.0. The molecule has 0 saturated carbocycles. The second-order valence-corrected chi connectivity index (χ2v) is 27.5. The number of hydrogen-bond acceptors (Lipinski definition) is 0. The lowest BCUT2D eigenvalue weighted by Gasteiger charge is -2.24. The Morgan fingerprint density at radius 1 is 0.220 bits per heavy atom. The van der Waals surface area contributed by atoms with Gasteiger partial charge < -0.3 is 0 Å². The van der Waals surface area contributed by atoms with Crippen LogP contribution in [0.3, 0.4) is 0 Å². The highest BCUT2D eigenvalue weighted by Gasteiger charge is 2.25. The van der Waals surface area contributed by atoms with Crippen molar-refractivity contribution in [3.8, 4) is 77.9 Å². The molecule has 0 aliphatic carbocycles. The zero-order chi connectivity index (χ0) is 54.7. The fourth-order valence-corrected chi connectivity index (χ4v) is 15.9. The normalized spacial score (nSPS) is 11.8. The largest absolute Gasteiger partial charge is 0.0849 e. The van der Waals surface area contributed by atoms with E-state index in [1.54, 1.807) is 0 Å². The second-order valence-electron chi connectivity index (χ2n) is 22.8. The zero-order valence-electron chi connectivity index (χ0n) is 46.1. The van der Waals surface area contributed by atoms with Gasteiger partial charge in [0.15, 0.2) is 0 Å². The minimum atomic E-state index is -1.87. The van der Waals surface area contributed by atoms with Crippen LogP contribution in [0.4, 0.5) is 0 Å². The molecule has 0 heterocycles. The molecule has 386 valence electrons. The fourth-order valence-electron chi connectivity index (χ4n) is 13.3. The van der Waals surface area contributed by atoms with Gasteiger partial charge in [0.25, 0.3) is 0 Å². The standard InChI is InChI=1S/C81H58Si/c1-82(2,67-47-44-58(45-48-67)57-36-40-61(41-37-57)78-68-24-10-12-26-70(68)79(71-27-13-11-25-69(71)78)65-42-38-55-18-6-8-22-62(55)50-65)53-54-32-34-59(35-33-54)64-46-49-76(77(52-64)60-20-4-3-5-21-60)81-74-30-16-14-28-72(74)80(73-29-15-17-31-75(73)81)66-43-39-56-19-7-9-23-63(56)51-66/h3-52H,53H2,1-2H3. The molecule has 0 spiro atoms. The van der Waals surface area contributed by atoms with E-state index in [0.717, 1.165) is 6.04 Å². The molecular weight excluding hydrogens is 1000 g/mol. The Balaban J connectivity index is 0.710. The Morgan fingerprint density at radius 3 is 1.04 bits per heavy atom. The van der Waals surface area contributed by atoms with E-state index >= 15 is 0 Å². The lowest BCUT2D eigenvalue weighted by Crippen LogP contribution is -2.43. The van der Waals surface area contributed by atoms with E-state index in [1.807, 2.05) is 0 Å². The van der Waals surface area contributed by atoms with Crippen molar-refractivity contribution in [1.29, 1.82) is 0 Å². The maximum absolute atomic E-state index is 2.51. The Hall–Kier alpha value is -9.92. The Labute approximate surface area is 480 Å². The van der Waals surface area contributed by atoms with Crippen LogP contribution in [0.5, 0.6) is 0 Å². The summed E-state index contributed by atoms with van der Waals surface area (Å²) in [5, 5.41) is 16.6. The number of fused-ring (bicyclic) bond motifs is 6. The summed E-state index contributed by atoms with van der Waals surface area (Å²) in [4.78, 5) is 0. The summed E-state index contributed by atoms with van der Waals surface area (Å²) in [5.41, 5.74) is 18.8. The molecule has 0 saturated heterocycles. The molecule has 1 heteroatoms. The Bertz CT molecular complexity index is 4820. The molecule has 0 atom stereocenters. The monoisotopic (exact) mass is 1060 g/mol. The van der Waals surface area contributed by atoms with Gasteiger partial charge in [-0.25, -0.2) is 0 Å². The van der Waals surface area contributed by atoms with Gasteiger partial charge in [-0.3, -0.25) is 0 Å². The minimum absolute atomic E-state index is 1.06. The van der Waals surface area contributed by atoms with Crippen molar-refractivity contribution in [1.82, 2.24) is 0 Å². The van der Waals surface area contributed by atoms with Gasteiger partial charge in [0.05, 0.1) is 8.07 Å². The number of benzene rings is 15. The van der Waals surface area contributed by atoms with Gasteiger partial charge in [-0.1, -0.05) is 309 Å². The highest BCUT2D eigenvalue weighted by molar-refractivity contribution is 6.89. The third-order valence-electron chi connectivity index (χ3n) is 17.4. The maximum atomic E-state index is 2.51. The van der Waals surface area contributed by atoms with Crippen LogP contribution in [0.25, 0.3) is 143 Å². The van der Waals surface area contributed by atoms with E-state index in [0.29, 0.717) is 0 Å². The third-order valence-corrected chi connectivity index (χ3v) is 20.6. The quantitative estimate of drug-likeness (QED) is 0.0946. The summed E-state index contributed by atoms with van der Waals surface area (Å²) in [6.07, 6.45) is 0. The molecule has 0 nitrogen and oxygen atoms in total. The summed E-state index contributed by atoms with van der Waals surface area (Å²) in [7, 11) is -1.87. The molecule has 0 unspecified atom stereocenters. The van der Waals surface area contributed by atoms with Crippen LogP contribution in [0, 0.1) is 0 Å². The van der Waals surface area contributed by atoms with Crippen molar-refractivity contribution < 1.29 is 0 Å². The topological polar surface area (TPSA) is 0 Å². The predicted molar refractivity (Wildman–Crippen MR) is 357 cm³/mol. The zero-order valence-corrected chi connectivity index (χ0v) is 47.1. The van der Waals surface area contributed by atoms with Crippen LogP contribution in [0.1, 0.15) is 5.56 Å². The van der Waals surface area contributed by atoms with Crippen molar-refractivity contribution in [2.24, 2.45) is 0 Å². The lowest BCUT2D eigenvalue weighted by atomic mass is 9.83. The van der Waals surface area contributed by atoms with Crippen molar-refractivity contribution >= 4 is 77.9 Å². The van der Waals surface area contributed by atoms with Gasteiger partial charge in [0.1, 0.15) is 0 Å². The molecule has 0 aliphatic rings. The van der Waals surface area contributed by atoms with Crippen molar-refractivity contribution in [3.63, 3.8) is 0 Å². The Kier molecular flexibility index (Phi) is 12.2. The highest BCUT2D eigenvalue weighted by atomic mass is 28.3. The minimum Gasteiger partial charge on any atom is -0.0652 e. The average Bonchev–Trinajstić information content (AvgIpc) is 1.91. The van der Waals surface area contributed by atoms with E-state index in [-0.39, 0.29) is 0 Å². The lowest BCUT2D eigenvalue weighted by molar-refractivity contribution is 1.32. The third kappa shape index (κ3) is 8.70. The maximum Gasteiger partial charge on any atom is 0.0849 e. The summed E-state index contributed by atoms with van der Waals surface area (Å²) >= 11 is 0. The Morgan fingerprint density at radius 2 is 0.561 bits per heavy atom. The van der Waals surface area contributed by atoms with E-state index < -0.39 is 8.07 Å². The van der Waals surface area contributed by atoms with Gasteiger partial charge in [0.2, 0.25) is 0 Å². The SMILES string of the molecule is C[Si](C)(Cc1ccc(-c2ccc(-c3c4ccccc4c(-c4ccc5ccccc5c4)c4ccccc34)c(-c3ccccc3)c2)cc1)c1ccc(-c2ccc(-c3c4ccccc4c(-c4ccc5ccccc5c4)c4ccccc34)cc2)cc1. The van der Waals surface area contributed by atoms with Gasteiger partial charge in [-0.05, 0) is 167 Å². The first-order chi connectivity index (χ1) is 40.4. The number of hydrogen-bond donors (Lipinski definition) is 0. The highest BCUT2D eigenvalue weighted by Crippen LogP contribution is 2.48. The van der Waals surface area contributed by atoms with E-state index in [9.17, 15) is 0 Å². The van der Waals surface area contributed by atoms with E-state index in [1.165, 1.54) is 153 Å². The molecule has 15 aromatic rings. The summed E-state index contributed by atoms with van der Waals surface area (Å²) < 4.78 is 0. The van der Waals surface area contributed by atoms with Crippen LogP contribution >= 0.6 is 0 Å². The molecule has 0 aliphatic heterocycles. The first-order valence-electron chi connectivity index (χ1n) is 28.8. The number of rotatable bonds is 10. The second kappa shape index (κ2) is 20.3. The summed E-state index contributed by atoms with van der Waals surface area (Å²) in [5.74, 6) is 0. The van der Waals surface area contributed by atoms with Crippen LogP contribution in [0.2, 0.25) is 13.1 Å². The molecular formula is C81H58Si. The van der Waals surface area contributed by atoms with Crippen molar-refractivity contribution in [2.75, 3.05) is 0 Å². The first kappa shape index (κ1) is 49.1.